The van der Waals surface area contributed by atoms with Crippen molar-refractivity contribution in [2.24, 2.45) is 4.99 Å². The number of thiazole rings is 1. The van der Waals surface area contributed by atoms with Crippen molar-refractivity contribution in [3.8, 4) is 0 Å². The maximum atomic E-state index is 13.0. The van der Waals surface area contributed by atoms with Crippen molar-refractivity contribution in [2.75, 3.05) is 6.54 Å². The molecule has 1 aliphatic heterocycles. The third-order valence-electron chi connectivity index (χ3n) is 5.93. The van der Waals surface area contributed by atoms with Gasteiger partial charge in [-0.05, 0) is 75.1 Å². The first kappa shape index (κ1) is 22.9. The van der Waals surface area contributed by atoms with Crippen molar-refractivity contribution in [3.63, 3.8) is 0 Å². The fourth-order valence-electron chi connectivity index (χ4n) is 4.19. The Kier molecular flexibility index (Phi) is 6.65. The largest absolute Gasteiger partial charge is 0.316 e. The summed E-state index contributed by atoms with van der Waals surface area (Å²) in [6.45, 7) is 7.42. The number of nitrogens with zero attached hydrogens (tertiary/aromatic N) is 3. The number of amides is 1. The summed E-state index contributed by atoms with van der Waals surface area (Å²) >= 11 is 1.50. The van der Waals surface area contributed by atoms with Crippen LogP contribution in [0.2, 0.25) is 0 Å². The zero-order valence-electron chi connectivity index (χ0n) is 18.7. The topological polar surface area (TPSA) is 71.7 Å². The predicted octanol–water partition coefficient (Wildman–Crippen LogP) is 4.73. The average Bonchev–Trinajstić information content (AvgIpc) is 3.10. The van der Waals surface area contributed by atoms with E-state index >= 15 is 0 Å². The Labute approximate surface area is 193 Å². The van der Waals surface area contributed by atoms with E-state index in [9.17, 15) is 13.2 Å². The van der Waals surface area contributed by atoms with Crippen LogP contribution < -0.4 is 4.80 Å². The van der Waals surface area contributed by atoms with Gasteiger partial charge in [-0.2, -0.15) is 9.30 Å². The van der Waals surface area contributed by atoms with Crippen LogP contribution in [0.5, 0.6) is 0 Å². The first-order valence-electron chi connectivity index (χ1n) is 11.1. The second kappa shape index (κ2) is 9.29. The van der Waals surface area contributed by atoms with Crippen molar-refractivity contribution in [1.82, 2.24) is 8.87 Å². The minimum Gasteiger partial charge on any atom is -0.316 e. The first-order valence-corrected chi connectivity index (χ1v) is 13.4. The minimum atomic E-state index is -3.56. The summed E-state index contributed by atoms with van der Waals surface area (Å²) in [7, 11) is -3.56. The van der Waals surface area contributed by atoms with E-state index in [1.165, 1.54) is 29.0 Å². The molecule has 0 radical (unpaired) electrons. The Hall–Kier alpha value is -2.29. The van der Waals surface area contributed by atoms with Gasteiger partial charge in [-0.25, -0.2) is 8.42 Å². The third kappa shape index (κ3) is 4.44. The number of aryl methyl sites for hydroxylation is 2. The lowest BCUT2D eigenvalue weighted by molar-refractivity contribution is 0.0997. The molecule has 1 atom stereocenters. The quantitative estimate of drug-likeness (QED) is 0.540. The molecular formula is C24H29N3O3S2. The van der Waals surface area contributed by atoms with Crippen LogP contribution in [0.25, 0.3) is 10.2 Å². The number of sulfonamides is 1. The normalized spacial score (nSPS) is 18.3. The number of hydrogen-bond acceptors (Lipinski definition) is 4. The summed E-state index contributed by atoms with van der Waals surface area (Å²) in [6.07, 6.45) is 3.74. The molecular weight excluding hydrogens is 442 g/mol. The molecule has 1 saturated heterocycles. The van der Waals surface area contributed by atoms with E-state index in [-0.39, 0.29) is 16.8 Å². The van der Waals surface area contributed by atoms with Gasteiger partial charge in [0.15, 0.2) is 4.80 Å². The number of aromatic nitrogens is 1. The highest BCUT2D eigenvalue weighted by molar-refractivity contribution is 7.89. The van der Waals surface area contributed by atoms with Gasteiger partial charge in [0.1, 0.15) is 0 Å². The number of hydrogen-bond donors (Lipinski definition) is 0. The highest BCUT2D eigenvalue weighted by atomic mass is 32.2. The molecule has 0 saturated carbocycles. The van der Waals surface area contributed by atoms with Crippen LogP contribution >= 0.6 is 11.3 Å². The van der Waals surface area contributed by atoms with Crippen LogP contribution in [-0.4, -0.2) is 35.8 Å². The standard InChI is InChI=1S/C24H29N3O3S2/c1-4-14-26-21-13-8-17(2)16-22(21)31-24(26)25-23(28)19-9-11-20(12-10-19)32(29,30)27-15-6-5-7-18(27)3/h8-13,16,18H,4-7,14-15H2,1-3H3. The third-order valence-corrected chi connectivity index (χ3v) is 9.00. The molecule has 32 heavy (non-hydrogen) atoms. The van der Waals surface area contributed by atoms with Gasteiger partial charge in [0.05, 0.1) is 15.1 Å². The Balaban J connectivity index is 1.65. The van der Waals surface area contributed by atoms with Gasteiger partial charge in [-0.1, -0.05) is 30.7 Å². The van der Waals surface area contributed by atoms with Crippen LogP contribution in [0.3, 0.4) is 0 Å². The molecule has 4 rings (SSSR count). The number of rotatable bonds is 5. The van der Waals surface area contributed by atoms with Gasteiger partial charge in [0, 0.05) is 24.7 Å². The maximum absolute atomic E-state index is 13.0. The van der Waals surface area contributed by atoms with Gasteiger partial charge < -0.3 is 4.57 Å². The Morgan fingerprint density at radius 1 is 1.16 bits per heavy atom. The monoisotopic (exact) mass is 471 g/mol. The minimum absolute atomic E-state index is 0.00401. The lowest BCUT2D eigenvalue weighted by Crippen LogP contribution is -2.41. The molecule has 1 amide bonds. The smallest absolute Gasteiger partial charge is 0.279 e. The number of carbonyl (C=O) groups is 1. The summed E-state index contributed by atoms with van der Waals surface area (Å²) in [5, 5.41) is 0. The van der Waals surface area contributed by atoms with Crippen molar-refractivity contribution in [2.45, 2.75) is 63.9 Å². The van der Waals surface area contributed by atoms with E-state index in [2.05, 4.69) is 34.7 Å². The Bertz CT molecular complexity index is 1300. The van der Waals surface area contributed by atoms with E-state index in [0.29, 0.717) is 16.9 Å². The zero-order chi connectivity index (χ0) is 22.9. The average molecular weight is 472 g/mol. The fraction of sp³-hybridized carbons (Fsp3) is 0.417. The molecule has 0 bridgehead atoms. The van der Waals surface area contributed by atoms with E-state index in [4.69, 9.17) is 0 Å². The van der Waals surface area contributed by atoms with Crippen LogP contribution in [0.1, 0.15) is 55.5 Å². The molecule has 1 aliphatic rings. The molecule has 0 spiro atoms. The molecule has 1 unspecified atom stereocenters. The van der Waals surface area contributed by atoms with E-state index in [0.717, 1.165) is 42.4 Å². The molecule has 1 aromatic heterocycles. The highest BCUT2D eigenvalue weighted by Gasteiger charge is 2.30. The van der Waals surface area contributed by atoms with Crippen molar-refractivity contribution < 1.29 is 13.2 Å². The van der Waals surface area contributed by atoms with Gasteiger partial charge in [-0.3, -0.25) is 4.79 Å². The zero-order valence-corrected chi connectivity index (χ0v) is 20.4. The summed E-state index contributed by atoms with van der Waals surface area (Å²) in [5.74, 6) is -0.367. The maximum Gasteiger partial charge on any atom is 0.279 e. The molecule has 1 fully saturated rings. The van der Waals surface area contributed by atoms with Gasteiger partial charge in [0.2, 0.25) is 10.0 Å². The summed E-state index contributed by atoms with van der Waals surface area (Å²) in [4.78, 5) is 18.2. The molecule has 3 aromatic rings. The van der Waals surface area contributed by atoms with E-state index < -0.39 is 10.0 Å². The molecule has 0 aliphatic carbocycles. The SMILES string of the molecule is CCCn1c(=NC(=O)c2ccc(S(=O)(=O)N3CCCCC3C)cc2)sc2cc(C)ccc21. The molecule has 0 N–H and O–H groups in total. The van der Waals surface area contributed by atoms with Gasteiger partial charge >= 0.3 is 0 Å². The predicted molar refractivity (Wildman–Crippen MR) is 128 cm³/mol. The van der Waals surface area contributed by atoms with Gasteiger partial charge in [0.25, 0.3) is 5.91 Å². The van der Waals surface area contributed by atoms with Crippen molar-refractivity contribution in [3.05, 3.63) is 58.4 Å². The Morgan fingerprint density at radius 2 is 1.91 bits per heavy atom. The summed E-state index contributed by atoms with van der Waals surface area (Å²) in [5.41, 5.74) is 2.62. The van der Waals surface area contributed by atoms with Crippen LogP contribution in [0.15, 0.2) is 52.4 Å². The van der Waals surface area contributed by atoms with E-state index in [1.807, 2.05) is 13.8 Å². The Morgan fingerprint density at radius 3 is 2.59 bits per heavy atom. The molecule has 2 heterocycles. The molecule has 2 aromatic carbocycles. The lowest BCUT2D eigenvalue weighted by Gasteiger charge is -2.32. The second-order valence-electron chi connectivity index (χ2n) is 8.41. The fourth-order valence-corrected chi connectivity index (χ4v) is 7.04. The van der Waals surface area contributed by atoms with Crippen molar-refractivity contribution >= 4 is 37.5 Å². The molecule has 170 valence electrons. The number of piperidine rings is 1. The first-order chi connectivity index (χ1) is 15.3. The lowest BCUT2D eigenvalue weighted by atomic mass is 10.1. The molecule has 8 heteroatoms. The van der Waals surface area contributed by atoms with Crippen LogP contribution in [0.4, 0.5) is 0 Å². The summed E-state index contributed by atoms with van der Waals surface area (Å²) < 4.78 is 30.8. The van der Waals surface area contributed by atoms with Crippen LogP contribution in [-0.2, 0) is 16.6 Å². The van der Waals surface area contributed by atoms with Crippen LogP contribution in [0, 0.1) is 6.92 Å². The van der Waals surface area contributed by atoms with Gasteiger partial charge in [-0.15, -0.1) is 0 Å². The number of carbonyl (C=O) groups excluding carboxylic acids is 1. The highest BCUT2D eigenvalue weighted by Crippen LogP contribution is 2.25. The van der Waals surface area contributed by atoms with E-state index in [1.54, 1.807) is 16.4 Å². The van der Waals surface area contributed by atoms with Crippen molar-refractivity contribution in [1.29, 1.82) is 0 Å². The number of fused-ring (bicyclic) bond motifs is 1. The number of benzene rings is 2. The molecule has 6 nitrogen and oxygen atoms in total. The second-order valence-corrected chi connectivity index (χ2v) is 11.3. The summed E-state index contributed by atoms with van der Waals surface area (Å²) in [6, 6.07) is 12.4.